The monoisotopic (exact) mass is 293 g/mol. The first-order chi connectivity index (χ1) is 8.11. The summed E-state index contributed by atoms with van der Waals surface area (Å²) in [4.78, 5) is 0. The van der Waals surface area contributed by atoms with E-state index in [0.29, 0.717) is 0 Å². The lowest BCUT2D eigenvalue weighted by Crippen LogP contribution is -2.10. The van der Waals surface area contributed by atoms with Gasteiger partial charge in [0.25, 0.3) is 0 Å². The van der Waals surface area contributed by atoms with E-state index in [1.165, 1.54) is 5.56 Å². The molecule has 1 heterocycles. The number of benzene rings is 1. The van der Waals surface area contributed by atoms with Crippen LogP contribution in [0.3, 0.4) is 0 Å². The zero-order valence-electron chi connectivity index (χ0n) is 10.0. The third-order valence-corrected chi connectivity index (χ3v) is 3.75. The fourth-order valence-electron chi connectivity index (χ4n) is 1.72. The minimum atomic E-state index is -0.202. The highest BCUT2D eigenvalue weighted by atomic mass is 79.9. The van der Waals surface area contributed by atoms with E-state index < -0.39 is 0 Å². The van der Waals surface area contributed by atoms with Crippen molar-refractivity contribution in [3.05, 3.63) is 57.5 Å². The number of rotatable bonds is 3. The third kappa shape index (κ3) is 2.61. The Morgan fingerprint density at radius 3 is 2.65 bits per heavy atom. The Bertz CT molecular complexity index is 519. The highest BCUT2D eigenvalue weighted by Crippen LogP contribution is 2.26. The summed E-state index contributed by atoms with van der Waals surface area (Å²) >= 11 is 3.52. The lowest BCUT2D eigenvalue weighted by Gasteiger charge is -2.10. The Morgan fingerprint density at radius 2 is 2.06 bits per heavy atom. The average molecular weight is 294 g/mol. The fourth-order valence-corrected chi connectivity index (χ4v) is 2.11. The second kappa shape index (κ2) is 5.07. The molecule has 2 N–H and O–H groups in total. The molecule has 0 radical (unpaired) electrons. The van der Waals surface area contributed by atoms with Crippen LogP contribution in [0.5, 0.6) is 0 Å². The molecule has 0 saturated heterocycles. The zero-order valence-corrected chi connectivity index (χ0v) is 11.6. The third-order valence-electron chi connectivity index (χ3n) is 2.89. The van der Waals surface area contributed by atoms with E-state index in [4.69, 9.17) is 10.2 Å². The van der Waals surface area contributed by atoms with E-state index in [0.717, 1.165) is 28.0 Å². The Kier molecular flexibility index (Phi) is 3.69. The molecule has 2 rings (SSSR count). The number of hydrogen-bond donors (Lipinski definition) is 1. The summed E-state index contributed by atoms with van der Waals surface area (Å²) in [5.41, 5.74) is 8.45. The van der Waals surface area contributed by atoms with Gasteiger partial charge in [0.15, 0.2) is 0 Å². The smallest absolute Gasteiger partial charge is 0.125 e. The van der Waals surface area contributed by atoms with Gasteiger partial charge in [0, 0.05) is 10.9 Å². The molecular formula is C14H16BrNO. The van der Waals surface area contributed by atoms with E-state index in [-0.39, 0.29) is 6.04 Å². The van der Waals surface area contributed by atoms with E-state index >= 15 is 0 Å². The Morgan fingerprint density at radius 1 is 1.29 bits per heavy atom. The molecule has 0 bridgehead atoms. The normalized spacial score (nSPS) is 12.7. The molecule has 0 aliphatic rings. The maximum Gasteiger partial charge on any atom is 0.125 e. The number of nitrogens with two attached hydrogens (primary N) is 1. The second-order valence-corrected chi connectivity index (χ2v) is 5.00. The summed E-state index contributed by atoms with van der Waals surface area (Å²) in [6, 6.07) is 9.89. The van der Waals surface area contributed by atoms with Crippen molar-refractivity contribution in [1.82, 2.24) is 0 Å². The molecule has 90 valence electrons. The number of halogens is 1. The van der Waals surface area contributed by atoms with Gasteiger partial charge in [-0.05, 0) is 36.2 Å². The Hall–Kier alpha value is -1.06. The molecule has 3 heteroatoms. The van der Waals surface area contributed by atoms with Gasteiger partial charge in [0.1, 0.15) is 11.5 Å². The molecule has 1 aromatic carbocycles. The summed E-state index contributed by atoms with van der Waals surface area (Å²) in [6.45, 7) is 4.12. The quantitative estimate of drug-likeness (QED) is 0.930. The van der Waals surface area contributed by atoms with Crippen LogP contribution in [0.15, 0.2) is 39.2 Å². The fraction of sp³-hybridized carbons (Fsp3) is 0.286. The van der Waals surface area contributed by atoms with Crippen molar-refractivity contribution >= 4 is 15.9 Å². The summed E-state index contributed by atoms with van der Waals surface area (Å²) in [5, 5.41) is 0. The first-order valence-electron chi connectivity index (χ1n) is 5.72. The van der Waals surface area contributed by atoms with Crippen LogP contribution in [0.25, 0.3) is 0 Å². The van der Waals surface area contributed by atoms with Gasteiger partial charge in [-0.2, -0.15) is 0 Å². The molecule has 17 heavy (non-hydrogen) atoms. The van der Waals surface area contributed by atoms with E-state index in [9.17, 15) is 0 Å². The van der Waals surface area contributed by atoms with Crippen LogP contribution < -0.4 is 5.73 Å². The van der Waals surface area contributed by atoms with Crippen LogP contribution in [-0.4, -0.2) is 0 Å². The minimum Gasteiger partial charge on any atom is -0.464 e. The lowest BCUT2D eigenvalue weighted by molar-refractivity contribution is 0.454. The van der Waals surface area contributed by atoms with Crippen molar-refractivity contribution in [1.29, 1.82) is 0 Å². The molecule has 0 saturated carbocycles. The topological polar surface area (TPSA) is 39.2 Å². The molecule has 0 aliphatic heterocycles. The number of furan rings is 1. The maximum atomic E-state index is 6.19. The van der Waals surface area contributed by atoms with Crippen LogP contribution in [0, 0.1) is 6.92 Å². The van der Waals surface area contributed by atoms with Gasteiger partial charge in [0.05, 0.1) is 6.04 Å². The van der Waals surface area contributed by atoms with Gasteiger partial charge < -0.3 is 10.2 Å². The highest BCUT2D eigenvalue weighted by Gasteiger charge is 2.13. The predicted octanol–water partition coefficient (Wildman–Crippen LogP) is 3.96. The SMILES string of the molecule is CCc1ccc(C(N)c2ccc(C)c(Br)c2)o1. The number of hydrogen-bond acceptors (Lipinski definition) is 2. The lowest BCUT2D eigenvalue weighted by atomic mass is 10.0. The van der Waals surface area contributed by atoms with Crippen molar-refractivity contribution in [2.24, 2.45) is 5.73 Å². The molecule has 0 amide bonds. The first kappa shape index (κ1) is 12.4. The number of aryl methyl sites for hydroxylation is 2. The zero-order chi connectivity index (χ0) is 12.4. The van der Waals surface area contributed by atoms with Gasteiger partial charge in [-0.3, -0.25) is 0 Å². The van der Waals surface area contributed by atoms with Gasteiger partial charge in [-0.1, -0.05) is 35.0 Å². The van der Waals surface area contributed by atoms with E-state index in [1.807, 2.05) is 24.3 Å². The van der Waals surface area contributed by atoms with Crippen LogP contribution in [0.1, 0.15) is 35.6 Å². The molecule has 1 atom stereocenters. The molecule has 1 unspecified atom stereocenters. The first-order valence-corrected chi connectivity index (χ1v) is 6.51. The van der Waals surface area contributed by atoms with Gasteiger partial charge in [-0.15, -0.1) is 0 Å². The van der Waals surface area contributed by atoms with Crippen LogP contribution in [0.2, 0.25) is 0 Å². The highest BCUT2D eigenvalue weighted by molar-refractivity contribution is 9.10. The van der Waals surface area contributed by atoms with Gasteiger partial charge in [-0.25, -0.2) is 0 Å². The van der Waals surface area contributed by atoms with Crippen LogP contribution in [-0.2, 0) is 6.42 Å². The minimum absolute atomic E-state index is 0.202. The van der Waals surface area contributed by atoms with Gasteiger partial charge >= 0.3 is 0 Å². The molecule has 0 fully saturated rings. The second-order valence-electron chi connectivity index (χ2n) is 4.14. The average Bonchev–Trinajstić information content (AvgIpc) is 2.80. The summed E-state index contributed by atoms with van der Waals surface area (Å²) in [6.07, 6.45) is 0.893. The van der Waals surface area contributed by atoms with Gasteiger partial charge in [0.2, 0.25) is 0 Å². The molecule has 1 aromatic heterocycles. The van der Waals surface area contributed by atoms with E-state index in [2.05, 4.69) is 35.8 Å². The standard InChI is InChI=1S/C14H16BrNO/c1-3-11-6-7-13(17-11)14(16)10-5-4-9(2)12(15)8-10/h4-8,14H,3,16H2,1-2H3. The molecule has 2 aromatic rings. The predicted molar refractivity (Wildman–Crippen MR) is 73.0 cm³/mol. The molecular weight excluding hydrogens is 278 g/mol. The molecule has 2 nitrogen and oxygen atoms in total. The maximum absolute atomic E-state index is 6.19. The Balaban J connectivity index is 2.29. The van der Waals surface area contributed by atoms with E-state index in [1.54, 1.807) is 0 Å². The molecule has 0 spiro atoms. The van der Waals surface area contributed by atoms with Crippen molar-refractivity contribution in [2.45, 2.75) is 26.3 Å². The summed E-state index contributed by atoms with van der Waals surface area (Å²) in [7, 11) is 0. The summed E-state index contributed by atoms with van der Waals surface area (Å²) in [5.74, 6) is 1.79. The van der Waals surface area contributed by atoms with Crippen molar-refractivity contribution in [3.63, 3.8) is 0 Å². The largest absolute Gasteiger partial charge is 0.464 e. The Labute approximate surface area is 110 Å². The van der Waals surface area contributed by atoms with Crippen molar-refractivity contribution < 1.29 is 4.42 Å². The van der Waals surface area contributed by atoms with Crippen molar-refractivity contribution in [2.75, 3.05) is 0 Å². The van der Waals surface area contributed by atoms with Crippen LogP contribution >= 0.6 is 15.9 Å². The van der Waals surface area contributed by atoms with Crippen LogP contribution in [0.4, 0.5) is 0 Å². The molecule has 0 aliphatic carbocycles. The van der Waals surface area contributed by atoms with Crippen molar-refractivity contribution in [3.8, 4) is 0 Å². The summed E-state index contributed by atoms with van der Waals surface area (Å²) < 4.78 is 6.76.